The predicted octanol–water partition coefficient (Wildman–Crippen LogP) is 2.20. The zero-order valence-electron chi connectivity index (χ0n) is 28.9. The van der Waals surface area contributed by atoms with Crippen LogP contribution in [0.3, 0.4) is 0 Å². The van der Waals surface area contributed by atoms with Crippen molar-refractivity contribution in [2.45, 2.75) is 140 Å². The second kappa shape index (κ2) is 14.5. The first kappa shape index (κ1) is 34.9. The largest absolute Gasteiger partial charge is 0.347 e. The van der Waals surface area contributed by atoms with Crippen LogP contribution in [0.1, 0.15) is 115 Å². The minimum atomic E-state index is -0.976. The van der Waals surface area contributed by atoms with Gasteiger partial charge in [0.25, 0.3) is 11.8 Å². The van der Waals surface area contributed by atoms with Gasteiger partial charge in [0.1, 0.15) is 23.8 Å². The number of hydrogen-bond donors (Lipinski definition) is 4. The molecule has 0 bridgehead atoms. The number of carbonyl (C=O) groups excluding carboxylic acids is 6. The molecule has 5 amide bonds. The first-order valence-corrected chi connectivity index (χ1v) is 18.4. The minimum absolute atomic E-state index is 0.0174. The summed E-state index contributed by atoms with van der Waals surface area (Å²) in [5.74, 6) is -2.97. The second-order valence-electron chi connectivity index (χ2n) is 15.4. The van der Waals surface area contributed by atoms with Crippen LogP contribution in [0.15, 0.2) is 18.6 Å². The Kier molecular flexibility index (Phi) is 10.4. The van der Waals surface area contributed by atoms with Crippen LogP contribution in [0.2, 0.25) is 0 Å². The minimum Gasteiger partial charge on any atom is -0.347 e. The molecule has 3 heterocycles. The highest BCUT2D eigenvalue weighted by molar-refractivity contribution is 6.38. The van der Waals surface area contributed by atoms with Crippen molar-refractivity contribution in [1.82, 2.24) is 36.1 Å². The van der Waals surface area contributed by atoms with Crippen LogP contribution in [-0.2, 0) is 24.0 Å². The van der Waals surface area contributed by atoms with E-state index in [1.54, 1.807) is 4.90 Å². The average Bonchev–Trinajstić information content (AvgIpc) is 3.83. The number of carbonyl (C=O) groups is 6. The lowest BCUT2D eigenvalue weighted by Gasteiger charge is -2.55. The maximum Gasteiger partial charge on any atom is 0.289 e. The molecule has 1 aromatic rings. The van der Waals surface area contributed by atoms with Crippen LogP contribution in [0.25, 0.3) is 0 Å². The zero-order chi connectivity index (χ0) is 34.9. The van der Waals surface area contributed by atoms with Gasteiger partial charge in [0, 0.05) is 24.5 Å². The van der Waals surface area contributed by atoms with Crippen LogP contribution in [-0.4, -0.2) is 86.4 Å². The second-order valence-corrected chi connectivity index (χ2v) is 15.4. The Morgan fingerprint density at radius 1 is 0.939 bits per heavy atom. The molecular weight excluding hydrogens is 626 g/mol. The molecule has 1 aromatic heterocycles. The van der Waals surface area contributed by atoms with Crippen molar-refractivity contribution in [2.75, 3.05) is 0 Å². The fraction of sp³-hybridized carbons (Fsp3) is 0.722. The number of ketones is 1. The molecule has 3 saturated carbocycles. The molecule has 3 aliphatic carbocycles. The van der Waals surface area contributed by atoms with E-state index in [4.69, 9.17) is 0 Å². The molecule has 2 aliphatic heterocycles. The zero-order valence-corrected chi connectivity index (χ0v) is 28.9. The summed E-state index contributed by atoms with van der Waals surface area (Å²) in [6.07, 6.45) is 14.5. The Morgan fingerprint density at radius 3 is 2.37 bits per heavy atom. The standard InChI is InChI=1S/C36H51N7O6/c1-4-9-24(29(44)34(48)39-22-14-15-22)40-32(46)26-18-21-12-8-13-23-28(21)43(26)35(49)30(36(23,2)3)42-33(47)27(20-10-6-5-7-11-20)41-31(45)25-19-37-16-17-38-25/h16-17,19-24,26-28,30H,4-15,18H2,1-3H3,(H,39,48)(H,40,46)(H,41,45)(H,42,47)/t21-,23?,24?,26-,27?,28+,30+/m0/s1. The van der Waals surface area contributed by atoms with Crippen LogP contribution >= 0.6 is 0 Å². The summed E-state index contributed by atoms with van der Waals surface area (Å²) in [7, 11) is 0. The fourth-order valence-corrected chi connectivity index (χ4v) is 9.03. The summed E-state index contributed by atoms with van der Waals surface area (Å²) in [5.41, 5.74) is -0.511. The Bertz CT molecular complexity index is 1440. The molecule has 5 fully saturated rings. The van der Waals surface area contributed by atoms with Crippen LogP contribution in [0, 0.1) is 23.2 Å². The summed E-state index contributed by atoms with van der Waals surface area (Å²) < 4.78 is 0. The summed E-state index contributed by atoms with van der Waals surface area (Å²) in [4.78, 5) is 91.6. The van der Waals surface area contributed by atoms with Gasteiger partial charge in [0.2, 0.25) is 23.5 Å². The van der Waals surface area contributed by atoms with Gasteiger partial charge in [0.15, 0.2) is 0 Å². The van der Waals surface area contributed by atoms with Gasteiger partial charge < -0.3 is 26.2 Å². The lowest BCUT2D eigenvalue weighted by atomic mass is 9.60. The Labute approximate surface area is 287 Å². The van der Waals surface area contributed by atoms with Crippen molar-refractivity contribution in [1.29, 1.82) is 0 Å². The third-order valence-corrected chi connectivity index (χ3v) is 11.8. The molecule has 4 N–H and O–H groups in total. The van der Waals surface area contributed by atoms with E-state index in [-0.39, 0.29) is 41.4 Å². The smallest absolute Gasteiger partial charge is 0.289 e. The number of piperidine rings is 1. The monoisotopic (exact) mass is 677 g/mol. The fourth-order valence-electron chi connectivity index (χ4n) is 9.03. The van der Waals surface area contributed by atoms with E-state index in [1.807, 2.05) is 20.8 Å². The molecule has 13 nitrogen and oxygen atoms in total. The van der Waals surface area contributed by atoms with Gasteiger partial charge in [-0.1, -0.05) is 52.9 Å². The molecule has 0 aromatic carbocycles. The first-order chi connectivity index (χ1) is 23.5. The van der Waals surface area contributed by atoms with E-state index in [1.165, 1.54) is 18.6 Å². The van der Waals surface area contributed by atoms with E-state index in [0.29, 0.717) is 19.3 Å². The van der Waals surface area contributed by atoms with Gasteiger partial charge in [-0.15, -0.1) is 0 Å². The molecule has 5 aliphatic rings. The van der Waals surface area contributed by atoms with Gasteiger partial charge in [0.05, 0.1) is 12.2 Å². The number of aromatic nitrogens is 2. The molecule has 2 saturated heterocycles. The molecule has 13 heteroatoms. The normalized spacial score (nSPS) is 28.8. The highest BCUT2D eigenvalue weighted by Gasteiger charge is 2.62. The Balaban J connectivity index is 1.23. The van der Waals surface area contributed by atoms with Crippen molar-refractivity contribution in [3.63, 3.8) is 0 Å². The highest BCUT2D eigenvalue weighted by Crippen LogP contribution is 2.54. The molecule has 6 rings (SSSR count). The average molecular weight is 678 g/mol. The first-order valence-electron chi connectivity index (χ1n) is 18.4. The van der Waals surface area contributed by atoms with Crippen molar-refractivity contribution in [3.05, 3.63) is 24.3 Å². The van der Waals surface area contributed by atoms with E-state index in [0.717, 1.165) is 64.2 Å². The summed E-state index contributed by atoms with van der Waals surface area (Å²) in [5, 5.41) is 11.6. The van der Waals surface area contributed by atoms with E-state index in [2.05, 4.69) is 31.2 Å². The summed E-state index contributed by atoms with van der Waals surface area (Å²) in [6.45, 7) is 5.94. The SMILES string of the molecule is CCCC(NC(=O)[C@@H]1C[C@@H]2CCCC3[C@@H]2N1C(=O)[C@@H](NC(=O)C(NC(=O)c1cnccn1)C1CCCCC1)C3(C)C)C(=O)C(=O)NC1CC1. The van der Waals surface area contributed by atoms with Gasteiger partial charge in [-0.2, -0.15) is 0 Å². The predicted molar refractivity (Wildman–Crippen MR) is 178 cm³/mol. The third-order valence-electron chi connectivity index (χ3n) is 11.8. The summed E-state index contributed by atoms with van der Waals surface area (Å²) in [6, 6.07) is -3.73. The van der Waals surface area contributed by atoms with Crippen molar-refractivity contribution in [2.24, 2.45) is 23.2 Å². The molecule has 49 heavy (non-hydrogen) atoms. The molecule has 266 valence electrons. The van der Waals surface area contributed by atoms with Gasteiger partial charge >= 0.3 is 0 Å². The van der Waals surface area contributed by atoms with Gasteiger partial charge in [-0.25, -0.2) is 4.98 Å². The summed E-state index contributed by atoms with van der Waals surface area (Å²) >= 11 is 0. The number of nitrogens with one attached hydrogen (secondary N) is 4. The topological polar surface area (TPSA) is 180 Å². The number of rotatable bonds is 12. The number of nitrogens with zero attached hydrogens (tertiary/aromatic N) is 3. The molecular formula is C36H51N7O6. The van der Waals surface area contributed by atoms with E-state index in [9.17, 15) is 28.8 Å². The number of hydrogen-bond acceptors (Lipinski definition) is 8. The van der Waals surface area contributed by atoms with Crippen molar-refractivity contribution >= 4 is 35.3 Å². The molecule has 7 atom stereocenters. The highest BCUT2D eigenvalue weighted by atomic mass is 16.2. The number of amides is 5. The van der Waals surface area contributed by atoms with Crippen LogP contribution in [0.4, 0.5) is 0 Å². The maximum atomic E-state index is 14.6. The quantitative estimate of drug-likeness (QED) is 0.243. The molecule has 3 unspecified atom stereocenters. The Hall–Kier alpha value is -3.90. The third kappa shape index (κ3) is 7.21. The van der Waals surface area contributed by atoms with Gasteiger partial charge in [-0.05, 0) is 74.5 Å². The lowest BCUT2D eigenvalue weighted by Crippen LogP contribution is -2.70. The molecule has 0 radical (unpaired) electrons. The lowest BCUT2D eigenvalue weighted by molar-refractivity contribution is -0.160. The van der Waals surface area contributed by atoms with E-state index < -0.39 is 59.0 Å². The van der Waals surface area contributed by atoms with E-state index >= 15 is 0 Å². The Morgan fingerprint density at radius 2 is 1.69 bits per heavy atom. The maximum absolute atomic E-state index is 14.6. The van der Waals surface area contributed by atoms with Crippen molar-refractivity contribution in [3.8, 4) is 0 Å². The number of Topliss-reactive ketones (excluding diaryl/α,β-unsaturated/α-hetero) is 1. The van der Waals surface area contributed by atoms with Gasteiger partial charge in [-0.3, -0.25) is 33.8 Å². The van der Waals surface area contributed by atoms with Crippen molar-refractivity contribution < 1.29 is 28.8 Å². The van der Waals surface area contributed by atoms with Crippen LogP contribution < -0.4 is 21.3 Å². The van der Waals surface area contributed by atoms with Crippen LogP contribution in [0.5, 0.6) is 0 Å². The molecule has 0 spiro atoms.